The second-order valence-corrected chi connectivity index (χ2v) is 5.29. The van der Waals surface area contributed by atoms with Crippen LogP contribution in [-0.4, -0.2) is 38.2 Å². The minimum absolute atomic E-state index is 0.629. The molecule has 0 aromatic carbocycles. The molecule has 0 aromatic heterocycles. The molecule has 0 aromatic rings. The highest BCUT2D eigenvalue weighted by Crippen LogP contribution is 2.30. The Bertz CT molecular complexity index is 248. The predicted molar refractivity (Wildman–Crippen MR) is 53.7 cm³/mol. The van der Waals surface area contributed by atoms with Crippen LogP contribution in [0, 0.1) is 0 Å². The first-order valence-electron chi connectivity index (χ1n) is 3.81. The molecular weight excluding hydrogens is 270 g/mol. The number of ether oxygens (including phenoxy) is 1. The molecule has 2 atom stereocenters. The molecule has 0 amide bonds. The highest BCUT2D eigenvalue weighted by molar-refractivity contribution is 6.68. The van der Waals surface area contributed by atoms with E-state index in [1.54, 1.807) is 0 Å². The van der Waals surface area contributed by atoms with Crippen LogP contribution in [0.4, 0.5) is 0 Å². The van der Waals surface area contributed by atoms with Gasteiger partial charge in [0, 0.05) is 0 Å². The standard InChI is InChI=1S/C7H9Cl3O5/c1-3(11)5(13)6(14)15-4(12)2-7(8,9)10/h3,5,11,13H,2H2,1H3. The van der Waals surface area contributed by atoms with E-state index in [0.717, 1.165) is 6.92 Å². The lowest BCUT2D eigenvalue weighted by molar-refractivity contribution is -0.169. The quantitative estimate of drug-likeness (QED) is 0.448. The predicted octanol–water partition coefficient (Wildman–Crippen LogP) is 0.558. The summed E-state index contributed by atoms with van der Waals surface area (Å²) < 4.78 is 2.24. The number of carbonyl (C=O) groups is 2. The zero-order valence-corrected chi connectivity index (χ0v) is 9.88. The maximum absolute atomic E-state index is 10.9. The minimum atomic E-state index is -1.87. The van der Waals surface area contributed by atoms with Crippen molar-refractivity contribution < 1.29 is 24.5 Å². The monoisotopic (exact) mass is 278 g/mol. The van der Waals surface area contributed by atoms with E-state index in [0.29, 0.717) is 0 Å². The van der Waals surface area contributed by atoms with Gasteiger partial charge in [0.15, 0.2) is 6.10 Å². The maximum Gasteiger partial charge on any atom is 0.345 e. The van der Waals surface area contributed by atoms with Gasteiger partial charge in [-0.25, -0.2) is 4.79 Å². The first kappa shape index (κ1) is 14.9. The Balaban J connectivity index is 4.14. The number of aliphatic hydroxyl groups excluding tert-OH is 2. The Kier molecular flexibility index (Phi) is 5.84. The molecule has 0 aliphatic heterocycles. The summed E-state index contributed by atoms with van der Waals surface area (Å²) >= 11 is 15.8. The van der Waals surface area contributed by atoms with Crippen molar-refractivity contribution >= 4 is 46.7 Å². The molecular formula is C7H9Cl3O5. The first-order chi connectivity index (χ1) is 6.63. The van der Waals surface area contributed by atoms with Gasteiger partial charge >= 0.3 is 11.9 Å². The Hall–Kier alpha value is -0.0700. The van der Waals surface area contributed by atoms with E-state index in [1.165, 1.54) is 0 Å². The highest BCUT2D eigenvalue weighted by Gasteiger charge is 2.29. The van der Waals surface area contributed by atoms with E-state index in [1.807, 2.05) is 0 Å². The third kappa shape index (κ3) is 6.92. The second-order valence-electron chi connectivity index (χ2n) is 2.77. The molecule has 0 radical (unpaired) electrons. The molecule has 0 heterocycles. The van der Waals surface area contributed by atoms with Crippen LogP contribution in [0.5, 0.6) is 0 Å². The van der Waals surface area contributed by atoms with Crippen LogP contribution in [-0.2, 0) is 14.3 Å². The lowest BCUT2D eigenvalue weighted by atomic mass is 10.2. The summed E-state index contributed by atoms with van der Waals surface area (Å²) in [6.45, 7) is 1.16. The van der Waals surface area contributed by atoms with Crippen LogP contribution >= 0.6 is 34.8 Å². The molecule has 15 heavy (non-hydrogen) atoms. The molecule has 88 valence electrons. The van der Waals surface area contributed by atoms with Crippen molar-refractivity contribution in [2.45, 2.75) is 29.3 Å². The van der Waals surface area contributed by atoms with Gasteiger partial charge in [0.25, 0.3) is 0 Å². The lowest BCUT2D eigenvalue weighted by Crippen LogP contribution is -2.35. The molecule has 2 unspecified atom stereocenters. The number of halogens is 3. The van der Waals surface area contributed by atoms with Crippen molar-refractivity contribution in [1.29, 1.82) is 0 Å². The van der Waals surface area contributed by atoms with Crippen LogP contribution in [0.3, 0.4) is 0 Å². The molecule has 2 N–H and O–H groups in total. The number of hydrogen-bond donors (Lipinski definition) is 2. The fourth-order valence-corrected chi connectivity index (χ4v) is 0.897. The van der Waals surface area contributed by atoms with Crippen molar-refractivity contribution in [2.24, 2.45) is 0 Å². The molecule has 0 fully saturated rings. The Morgan fingerprint density at radius 1 is 1.33 bits per heavy atom. The van der Waals surface area contributed by atoms with Gasteiger partial charge in [-0.3, -0.25) is 4.79 Å². The maximum atomic E-state index is 10.9. The number of rotatable bonds is 3. The summed E-state index contributed by atoms with van der Waals surface area (Å²) in [6.07, 6.45) is -3.78. The van der Waals surface area contributed by atoms with Gasteiger partial charge in [0.2, 0.25) is 3.79 Å². The van der Waals surface area contributed by atoms with Crippen molar-refractivity contribution in [3.63, 3.8) is 0 Å². The van der Waals surface area contributed by atoms with Gasteiger partial charge in [-0.05, 0) is 6.92 Å². The van der Waals surface area contributed by atoms with Crippen molar-refractivity contribution in [2.75, 3.05) is 0 Å². The third-order valence-corrected chi connectivity index (χ3v) is 1.66. The Labute approximate surface area is 101 Å². The first-order valence-corrected chi connectivity index (χ1v) is 4.94. The average molecular weight is 280 g/mol. The SMILES string of the molecule is CC(O)C(O)C(=O)OC(=O)CC(Cl)(Cl)Cl. The summed E-state index contributed by atoms with van der Waals surface area (Å²) in [5, 5.41) is 17.8. The molecule has 0 saturated heterocycles. The molecule has 8 heteroatoms. The van der Waals surface area contributed by atoms with Gasteiger partial charge in [-0.15, -0.1) is 0 Å². The fraction of sp³-hybridized carbons (Fsp3) is 0.714. The van der Waals surface area contributed by atoms with E-state index < -0.39 is 34.4 Å². The summed E-state index contributed by atoms with van der Waals surface area (Å²) in [5.41, 5.74) is 0. The molecule has 0 saturated carbocycles. The van der Waals surface area contributed by atoms with Crippen LogP contribution in [0.15, 0.2) is 0 Å². The second kappa shape index (κ2) is 5.86. The fourth-order valence-electron chi connectivity index (χ4n) is 0.569. The smallest absolute Gasteiger partial charge is 0.345 e. The van der Waals surface area contributed by atoms with E-state index in [4.69, 9.17) is 45.0 Å². The topological polar surface area (TPSA) is 83.8 Å². The normalized spacial score (nSPS) is 15.6. The zero-order chi connectivity index (χ0) is 12.2. The summed E-state index contributed by atoms with van der Waals surface area (Å²) in [4.78, 5) is 21.8. The van der Waals surface area contributed by atoms with Crippen LogP contribution in [0.25, 0.3) is 0 Å². The largest absolute Gasteiger partial charge is 0.391 e. The summed E-state index contributed by atoms with van der Waals surface area (Å²) in [5.74, 6) is -2.39. The van der Waals surface area contributed by atoms with E-state index in [2.05, 4.69) is 4.74 Å². The van der Waals surface area contributed by atoms with Crippen molar-refractivity contribution in [3.05, 3.63) is 0 Å². The Morgan fingerprint density at radius 2 is 1.80 bits per heavy atom. The van der Waals surface area contributed by atoms with Crippen LogP contribution in [0.2, 0.25) is 0 Å². The van der Waals surface area contributed by atoms with Gasteiger partial charge < -0.3 is 14.9 Å². The summed E-state index contributed by atoms with van der Waals surface area (Å²) in [7, 11) is 0. The molecule has 5 nitrogen and oxygen atoms in total. The van der Waals surface area contributed by atoms with Crippen molar-refractivity contribution in [1.82, 2.24) is 0 Å². The number of hydrogen-bond acceptors (Lipinski definition) is 5. The van der Waals surface area contributed by atoms with Gasteiger partial charge in [0.05, 0.1) is 12.5 Å². The van der Waals surface area contributed by atoms with E-state index >= 15 is 0 Å². The van der Waals surface area contributed by atoms with Crippen LogP contribution in [0.1, 0.15) is 13.3 Å². The number of alkyl halides is 3. The van der Waals surface area contributed by atoms with Gasteiger partial charge in [-0.2, -0.15) is 0 Å². The highest BCUT2D eigenvalue weighted by atomic mass is 35.6. The zero-order valence-electron chi connectivity index (χ0n) is 7.61. The van der Waals surface area contributed by atoms with Crippen LogP contribution < -0.4 is 0 Å². The number of esters is 2. The molecule has 0 rings (SSSR count). The van der Waals surface area contributed by atoms with Crippen molar-refractivity contribution in [3.8, 4) is 0 Å². The molecule has 0 aliphatic rings. The number of carbonyl (C=O) groups excluding carboxylic acids is 2. The Morgan fingerprint density at radius 3 is 2.13 bits per heavy atom. The average Bonchev–Trinajstić information content (AvgIpc) is 1.98. The molecule has 0 bridgehead atoms. The van der Waals surface area contributed by atoms with Gasteiger partial charge in [0.1, 0.15) is 0 Å². The third-order valence-electron chi connectivity index (χ3n) is 1.26. The summed E-state index contributed by atoms with van der Waals surface area (Å²) in [6, 6.07) is 0. The molecule has 0 aliphatic carbocycles. The molecule has 0 spiro atoms. The lowest BCUT2D eigenvalue weighted by Gasteiger charge is -2.13. The van der Waals surface area contributed by atoms with Gasteiger partial charge in [-0.1, -0.05) is 34.8 Å². The van der Waals surface area contributed by atoms with E-state index in [-0.39, 0.29) is 0 Å². The minimum Gasteiger partial charge on any atom is -0.391 e. The number of aliphatic hydroxyl groups is 2. The van der Waals surface area contributed by atoms with E-state index in [9.17, 15) is 9.59 Å².